The zero-order valence-corrected chi connectivity index (χ0v) is 15.4. The number of anilines is 1. The van der Waals surface area contributed by atoms with E-state index in [1.165, 1.54) is 42.0 Å². The number of hydrogen-bond acceptors (Lipinski definition) is 7. The number of rotatable bonds is 7. The molecule has 10 nitrogen and oxygen atoms in total. The van der Waals surface area contributed by atoms with E-state index < -0.39 is 16.6 Å². The number of hydrogen-bond donors (Lipinski definition) is 1. The molecule has 0 saturated heterocycles. The van der Waals surface area contributed by atoms with Crippen molar-refractivity contribution in [2.45, 2.75) is 19.4 Å². The Labute approximate surface area is 163 Å². The lowest BCUT2D eigenvalue weighted by Gasteiger charge is -2.06. The summed E-state index contributed by atoms with van der Waals surface area (Å²) in [6.45, 7) is 0.221. The third-order valence-corrected chi connectivity index (χ3v) is 4.24. The summed E-state index contributed by atoms with van der Waals surface area (Å²) in [5.74, 6) is -1.36. The van der Waals surface area contributed by atoms with Crippen molar-refractivity contribution < 1.29 is 23.7 Å². The van der Waals surface area contributed by atoms with Crippen LogP contribution < -0.4 is 11.1 Å². The van der Waals surface area contributed by atoms with E-state index in [9.17, 15) is 24.5 Å². The van der Waals surface area contributed by atoms with Crippen molar-refractivity contribution in [1.82, 2.24) is 4.57 Å². The van der Waals surface area contributed by atoms with Crippen molar-refractivity contribution in [3.63, 3.8) is 0 Å². The highest BCUT2D eigenvalue weighted by molar-refractivity contribution is 5.93. The lowest BCUT2D eigenvalue weighted by molar-refractivity contribution is -0.384. The number of methoxy groups -OCH3 is 1. The molecule has 0 aliphatic heterocycles. The fourth-order valence-electron chi connectivity index (χ4n) is 2.81. The number of oxazole rings is 1. The van der Waals surface area contributed by atoms with Crippen LogP contribution in [0.25, 0.3) is 11.1 Å². The molecule has 1 aromatic heterocycles. The summed E-state index contributed by atoms with van der Waals surface area (Å²) in [4.78, 5) is 45.7. The fourth-order valence-corrected chi connectivity index (χ4v) is 2.81. The lowest BCUT2D eigenvalue weighted by Crippen LogP contribution is -2.17. The SMILES string of the molecule is COC(=O)c1ccc(NC(=O)CCCn2c(=O)oc3cc([N+](=O)[O-])ccc32)cc1. The monoisotopic (exact) mass is 399 g/mol. The second-order valence-electron chi connectivity index (χ2n) is 6.15. The molecule has 1 heterocycles. The van der Waals surface area contributed by atoms with Gasteiger partial charge in [0.25, 0.3) is 5.69 Å². The van der Waals surface area contributed by atoms with Crippen molar-refractivity contribution in [2.24, 2.45) is 0 Å². The molecule has 0 unspecified atom stereocenters. The summed E-state index contributed by atoms with van der Waals surface area (Å²) >= 11 is 0. The van der Waals surface area contributed by atoms with E-state index in [0.717, 1.165) is 0 Å². The number of esters is 1. The molecule has 1 amide bonds. The van der Waals surface area contributed by atoms with E-state index in [2.05, 4.69) is 10.1 Å². The van der Waals surface area contributed by atoms with Crippen molar-refractivity contribution in [2.75, 3.05) is 12.4 Å². The summed E-state index contributed by atoms with van der Waals surface area (Å²) in [5, 5.41) is 13.5. The third-order valence-electron chi connectivity index (χ3n) is 4.24. The van der Waals surface area contributed by atoms with Crippen LogP contribution >= 0.6 is 0 Å². The number of nitro groups is 1. The first kappa shape index (κ1) is 19.8. The third kappa shape index (κ3) is 4.49. The van der Waals surface area contributed by atoms with Gasteiger partial charge in [-0.05, 0) is 36.8 Å². The number of aryl methyl sites for hydroxylation is 1. The van der Waals surface area contributed by atoms with Gasteiger partial charge in [-0.1, -0.05) is 0 Å². The van der Waals surface area contributed by atoms with E-state index in [0.29, 0.717) is 23.2 Å². The van der Waals surface area contributed by atoms with Gasteiger partial charge in [0.15, 0.2) is 5.58 Å². The minimum absolute atomic E-state index is 0.124. The van der Waals surface area contributed by atoms with Crippen LogP contribution in [0.4, 0.5) is 11.4 Å². The van der Waals surface area contributed by atoms with Crippen LogP contribution in [-0.4, -0.2) is 28.5 Å². The van der Waals surface area contributed by atoms with Crippen LogP contribution in [-0.2, 0) is 16.1 Å². The summed E-state index contributed by atoms with van der Waals surface area (Å²) < 4.78 is 11.0. The number of fused-ring (bicyclic) bond motifs is 1. The molecule has 0 saturated carbocycles. The van der Waals surface area contributed by atoms with Crippen molar-refractivity contribution in [3.8, 4) is 0 Å². The number of nitrogens with one attached hydrogen (secondary N) is 1. The molecule has 1 N–H and O–H groups in total. The van der Waals surface area contributed by atoms with Gasteiger partial charge < -0.3 is 14.5 Å². The molecule has 0 aliphatic carbocycles. The maximum Gasteiger partial charge on any atom is 0.419 e. The minimum Gasteiger partial charge on any atom is -0.465 e. The molecular formula is C19H17N3O7. The largest absolute Gasteiger partial charge is 0.465 e. The van der Waals surface area contributed by atoms with Crippen LogP contribution in [0.3, 0.4) is 0 Å². The Morgan fingerprint density at radius 3 is 2.59 bits per heavy atom. The highest BCUT2D eigenvalue weighted by Gasteiger charge is 2.14. The number of aromatic nitrogens is 1. The van der Waals surface area contributed by atoms with Gasteiger partial charge >= 0.3 is 11.7 Å². The molecule has 0 bridgehead atoms. The van der Waals surface area contributed by atoms with Gasteiger partial charge in [0.2, 0.25) is 5.91 Å². The van der Waals surface area contributed by atoms with Crippen molar-refractivity contribution in [1.29, 1.82) is 0 Å². The maximum atomic E-state index is 12.1. The van der Waals surface area contributed by atoms with E-state index in [-0.39, 0.29) is 30.1 Å². The summed E-state index contributed by atoms with van der Waals surface area (Å²) in [6, 6.07) is 10.2. The first-order valence-electron chi connectivity index (χ1n) is 8.65. The van der Waals surface area contributed by atoms with E-state index in [4.69, 9.17) is 4.42 Å². The van der Waals surface area contributed by atoms with Gasteiger partial charge in [0, 0.05) is 24.7 Å². The molecule has 150 valence electrons. The lowest BCUT2D eigenvalue weighted by atomic mass is 10.2. The number of non-ortho nitro benzene ring substituents is 1. The smallest absolute Gasteiger partial charge is 0.419 e. The van der Waals surface area contributed by atoms with E-state index in [1.54, 1.807) is 12.1 Å². The Balaban J connectivity index is 1.59. The quantitative estimate of drug-likeness (QED) is 0.367. The number of nitro benzene ring substituents is 1. The summed E-state index contributed by atoms with van der Waals surface area (Å²) in [5.41, 5.74) is 1.28. The molecule has 0 radical (unpaired) electrons. The van der Waals surface area contributed by atoms with Crippen molar-refractivity contribution >= 4 is 34.4 Å². The predicted octanol–water partition coefficient (Wildman–Crippen LogP) is 2.71. The molecular weight excluding hydrogens is 382 g/mol. The minimum atomic E-state index is -0.640. The topological polar surface area (TPSA) is 134 Å². The van der Waals surface area contributed by atoms with E-state index >= 15 is 0 Å². The van der Waals surface area contributed by atoms with Gasteiger partial charge in [-0.2, -0.15) is 0 Å². The predicted molar refractivity (Wildman–Crippen MR) is 103 cm³/mol. The van der Waals surface area contributed by atoms with Gasteiger partial charge in [-0.15, -0.1) is 0 Å². The molecule has 3 rings (SSSR count). The first-order valence-corrected chi connectivity index (χ1v) is 8.65. The summed E-state index contributed by atoms with van der Waals surface area (Å²) in [7, 11) is 1.29. The number of nitrogens with zero attached hydrogens (tertiary/aromatic N) is 2. The van der Waals surface area contributed by atoms with Gasteiger partial charge in [-0.3, -0.25) is 19.5 Å². The molecule has 0 atom stereocenters. The zero-order valence-electron chi connectivity index (χ0n) is 15.4. The normalized spacial score (nSPS) is 10.7. The number of ether oxygens (including phenoxy) is 1. The Bertz CT molecular complexity index is 1130. The van der Waals surface area contributed by atoms with Crippen LogP contribution in [0.2, 0.25) is 0 Å². The highest BCUT2D eigenvalue weighted by Crippen LogP contribution is 2.20. The number of carbonyl (C=O) groups excluding carboxylic acids is 2. The second kappa shape index (κ2) is 8.38. The van der Waals surface area contributed by atoms with Crippen LogP contribution in [0.15, 0.2) is 51.7 Å². The Morgan fingerprint density at radius 1 is 1.21 bits per heavy atom. The number of benzene rings is 2. The highest BCUT2D eigenvalue weighted by atomic mass is 16.6. The maximum absolute atomic E-state index is 12.1. The molecule has 2 aromatic carbocycles. The Hall–Kier alpha value is -3.95. The van der Waals surface area contributed by atoms with Crippen molar-refractivity contribution in [3.05, 3.63) is 68.7 Å². The van der Waals surface area contributed by atoms with Crippen LogP contribution in [0.5, 0.6) is 0 Å². The van der Waals surface area contributed by atoms with Gasteiger partial charge in [0.05, 0.1) is 29.2 Å². The number of amides is 1. The molecule has 10 heteroatoms. The molecule has 0 spiro atoms. The van der Waals surface area contributed by atoms with Crippen LogP contribution in [0, 0.1) is 10.1 Å². The van der Waals surface area contributed by atoms with Gasteiger partial charge in [0.1, 0.15) is 0 Å². The van der Waals surface area contributed by atoms with Gasteiger partial charge in [-0.25, -0.2) is 9.59 Å². The Morgan fingerprint density at radius 2 is 1.93 bits per heavy atom. The Kier molecular flexibility index (Phi) is 5.72. The number of carbonyl (C=O) groups is 2. The molecule has 29 heavy (non-hydrogen) atoms. The zero-order chi connectivity index (χ0) is 21.0. The van der Waals surface area contributed by atoms with E-state index in [1.807, 2.05) is 0 Å². The first-order chi connectivity index (χ1) is 13.9. The fraction of sp³-hybridized carbons (Fsp3) is 0.211. The molecule has 0 fully saturated rings. The van der Waals surface area contributed by atoms with Crippen LogP contribution in [0.1, 0.15) is 23.2 Å². The standard InChI is InChI=1S/C19H17N3O7/c1-28-18(24)12-4-6-13(7-5-12)20-17(23)3-2-10-21-15-9-8-14(22(26)27)11-16(15)29-19(21)25/h4-9,11H,2-3,10H2,1H3,(H,20,23). The molecule has 3 aromatic rings. The second-order valence-corrected chi connectivity index (χ2v) is 6.15. The average Bonchev–Trinajstić information content (AvgIpc) is 3.02. The average molecular weight is 399 g/mol. The molecule has 0 aliphatic rings. The summed E-state index contributed by atoms with van der Waals surface area (Å²) in [6.07, 6.45) is 0.502.